The second kappa shape index (κ2) is 2.02. The molecule has 2 rings (SSSR count). The number of methoxy groups -OCH3 is 1. The smallest absolute Gasteiger partial charge is 0.190 e. The fraction of sp³-hybridized carbons (Fsp3) is 0.833. The van der Waals surface area contributed by atoms with Crippen molar-refractivity contribution in [3.05, 3.63) is 0 Å². The van der Waals surface area contributed by atoms with E-state index < -0.39 is 0 Å². The second-order valence-corrected chi connectivity index (χ2v) is 2.40. The van der Waals surface area contributed by atoms with Crippen LogP contribution in [0, 0.1) is 0 Å². The maximum atomic E-state index is 10.8. The molecule has 0 spiro atoms. The first-order chi connectivity index (χ1) is 4.83. The highest BCUT2D eigenvalue weighted by atomic mass is 16.7. The highest BCUT2D eigenvalue weighted by molar-refractivity contribution is 5.87. The fourth-order valence-electron chi connectivity index (χ4n) is 1.13. The zero-order valence-electron chi connectivity index (χ0n) is 5.57. The first kappa shape index (κ1) is 6.27. The summed E-state index contributed by atoms with van der Waals surface area (Å²) in [7, 11) is 1.54. The first-order valence-corrected chi connectivity index (χ1v) is 3.15. The van der Waals surface area contributed by atoms with Crippen molar-refractivity contribution < 1.29 is 19.0 Å². The molecular weight excluding hydrogens is 136 g/mol. The summed E-state index contributed by atoms with van der Waals surface area (Å²) >= 11 is 0. The third-order valence-corrected chi connectivity index (χ3v) is 1.73. The molecule has 56 valence electrons. The van der Waals surface area contributed by atoms with Crippen molar-refractivity contribution in [3.8, 4) is 0 Å². The average molecular weight is 144 g/mol. The number of ether oxygens (including phenoxy) is 3. The normalized spacial score (nSPS) is 44.9. The molecule has 0 bridgehead atoms. The number of epoxide rings is 1. The van der Waals surface area contributed by atoms with E-state index in [1.807, 2.05) is 0 Å². The van der Waals surface area contributed by atoms with Crippen molar-refractivity contribution in [2.24, 2.45) is 0 Å². The predicted octanol–water partition coefficient (Wildman–Crippen LogP) is -0.674. The van der Waals surface area contributed by atoms with Gasteiger partial charge >= 0.3 is 0 Å². The summed E-state index contributed by atoms with van der Waals surface area (Å²) in [5.41, 5.74) is 0. The molecule has 3 atom stereocenters. The molecule has 4 heteroatoms. The fourth-order valence-corrected chi connectivity index (χ4v) is 1.13. The Morgan fingerprint density at radius 1 is 1.70 bits per heavy atom. The van der Waals surface area contributed by atoms with E-state index in [0.29, 0.717) is 0 Å². The molecule has 2 heterocycles. The van der Waals surface area contributed by atoms with Gasteiger partial charge in [0.25, 0.3) is 0 Å². The molecule has 2 saturated heterocycles. The zero-order valence-corrected chi connectivity index (χ0v) is 5.57. The molecule has 2 aliphatic rings. The lowest BCUT2D eigenvalue weighted by Crippen LogP contribution is -2.35. The van der Waals surface area contributed by atoms with Crippen LogP contribution in [0.2, 0.25) is 0 Å². The monoisotopic (exact) mass is 144 g/mol. The van der Waals surface area contributed by atoms with Crippen molar-refractivity contribution in [1.82, 2.24) is 0 Å². The molecule has 0 unspecified atom stereocenters. The van der Waals surface area contributed by atoms with Crippen LogP contribution in [-0.4, -0.2) is 38.0 Å². The molecule has 2 fully saturated rings. The highest BCUT2D eigenvalue weighted by Crippen LogP contribution is 2.32. The summed E-state index contributed by atoms with van der Waals surface area (Å²) in [4.78, 5) is 10.8. The lowest BCUT2D eigenvalue weighted by molar-refractivity contribution is -0.157. The van der Waals surface area contributed by atoms with Crippen LogP contribution in [0.5, 0.6) is 0 Å². The Balaban J connectivity index is 2.01. The largest absolute Gasteiger partial charge is 0.356 e. The van der Waals surface area contributed by atoms with Crippen LogP contribution in [0.15, 0.2) is 0 Å². The summed E-state index contributed by atoms with van der Waals surface area (Å²) in [6.07, 6.45) is -0.701. The number of hydrogen-bond acceptors (Lipinski definition) is 4. The van der Waals surface area contributed by atoms with Gasteiger partial charge in [0.1, 0.15) is 18.8 Å². The lowest BCUT2D eigenvalue weighted by Gasteiger charge is -2.15. The maximum absolute atomic E-state index is 10.8. The molecule has 0 N–H and O–H groups in total. The number of fused-ring (bicyclic) bond motifs is 1. The number of carbonyl (C=O) groups is 1. The van der Waals surface area contributed by atoms with Crippen LogP contribution in [0.3, 0.4) is 0 Å². The number of ketones is 1. The molecule has 2 aliphatic heterocycles. The Hall–Kier alpha value is -0.450. The zero-order chi connectivity index (χ0) is 7.14. The number of carbonyl (C=O) groups excluding carboxylic acids is 1. The van der Waals surface area contributed by atoms with Gasteiger partial charge in [-0.15, -0.1) is 0 Å². The molecule has 10 heavy (non-hydrogen) atoms. The number of Topliss-reactive ketones (excluding diaryl/α,β-unsaturated/α-hetero) is 1. The van der Waals surface area contributed by atoms with Crippen molar-refractivity contribution in [2.45, 2.75) is 18.5 Å². The molecule has 0 aromatic heterocycles. The van der Waals surface area contributed by atoms with Gasteiger partial charge in [-0.3, -0.25) is 4.79 Å². The van der Waals surface area contributed by atoms with E-state index in [2.05, 4.69) is 0 Å². The third-order valence-electron chi connectivity index (χ3n) is 1.73. The molecule has 0 saturated carbocycles. The van der Waals surface area contributed by atoms with Gasteiger partial charge in [-0.05, 0) is 0 Å². The van der Waals surface area contributed by atoms with Crippen molar-refractivity contribution >= 4 is 5.78 Å². The Labute approximate surface area is 58.1 Å². The van der Waals surface area contributed by atoms with E-state index in [0.717, 1.165) is 0 Å². The average Bonchev–Trinajstić information content (AvgIpc) is 2.68. The second-order valence-electron chi connectivity index (χ2n) is 2.40. The van der Waals surface area contributed by atoms with E-state index >= 15 is 0 Å². The van der Waals surface area contributed by atoms with Crippen LogP contribution in [0.4, 0.5) is 0 Å². The third kappa shape index (κ3) is 0.767. The van der Waals surface area contributed by atoms with Gasteiger partial charge in [0.15, 0.2) is 12.1 Å². The van der Waals surface area contributed by atoms with E-state index in [9.17, 15) is 4.79 Å². The van der Waals surface area contributed by atoms with Crippen LogP contribution < -0.4 is 0 Å². The molecule has 0 aromatic rings. The van der Waals surface area contributed by atoms with Gasteiger partial charge in [-0.2, -0.15) is 0 Å². The minimum absolute atomic E-state index is 0.0262. The highest BCUT2D eigenvalue weighted by Gasteiger charge is 2.54. The van der Waals surface area contributed by atoms with Crippen LogP contribution in [0.1, 0.15) is 0 Å². The predicted molar refractivity (Wildman–Crippen MR) is 30.4 cm³/mol. The molecule has 0 aromatic carbocycles. The number of rotatable bonds is 1. The molecule has 4 nitrogen and oxygen atoms in total. The van der Waals surface area contributed by atoms with Crippen LogP contribution >= 0.6 is 0 Å². The summed E-state index contributed by atoms with van der Waals surface area (Å²) in [6.45, 7) is 0.125. The van der Waals surface area contributed by atoms with Gasteiger partial charge in [-0.1, -0.05) is 0 Å². The minimum Gasteiger partial charge on any atom is -0.356 e. The summed E-state index contributed by atoms with van der Waals surface area (Å²) in [5, 5.41) is 0. The topological polar surface area (TPSA) is 48.1 Å². The lowest BCUT2D eigenvalue weighted by atomic mass is 10.2. The summed E-state index contributed by atoms with van der Waals surface area (Å²) in [6, 6.07) is 0. The molecule has 0 aliphatic carbocycles. The van der Waals surface area contributed by atoms with Gasteiger partial charge in [-0.25, -0.2) is 0 Å². The standard InChI is InChI=1S/C6H8O4/c1-8-6-5-4(10-5)3(7)2-9-6/h4-6H,2H2,1H3/t4-,5-,6+/m1/s1. The SMILES string of the molecule is CO[C@H]1OCC(=O)[C@H]2O[C@@H]12. The maximum Gasteiger partial charge on any atom is 0.190 e. The van der Waals surface area contributed by atoms with E-state index in [-0.39, 0.29) is 30.9 Å². The quantitative estimate of drug-likeness (QED) is 0.458. The van der Waals surface area contributed by atoms with Crippen molar-refractivity contribution in [3.63, 3.8) is 0 Å². The van der Waals surface area contributed by atoms with E-state index in [1.54, 1.807) is 7.11 Å². The van der Waals surface area contributed by atoms with Gasteiger partial charge in [0.2, 0.25) is 0 Å². The Morgan fingerprint density at radius 3 is 3.20 bits per heavy atom. The van der Waals surface area contributed by atoms with Crippen molar-refractivity contribution in [2.75, 3.05) is 13.7 Å². The minimum atomic E-state index is -0.331. The summed E-state index contributed by atoms with van der Waals surface area (Å²) in [5.74, 6) is 0.0262. The Kier molecular flexibility index (Phi) is 1.26. The number of hydrogen-bond donors (Lipinski definition) is 0. The molecular formula is C6H8O4. The summed E-state index contributed by atoms with van der Waals surface area (Å²) < 4.78 is 14.9. The molecule has 0 amide bonds. The van der Waals surface area contributed by atoms with E-state index in [1.165, 1.54) is 0 Å². The van der Waals surface area contributed by atoms with Gasteiger partial charge in [0, 0.05) is 7.11 Å². The Morgan fingerprint density at radius 2 is 2.50 bits per heavy atom. The van der Waals surface area contributed by atoms with E-state index in [4.69, 9.17) is 14.2 Å². The van der Waals surface area contributed by atoms with Crippen LogP contribution in [-0.2, 0) is 19.0 Å². The van der Waals surface area contributed by atoms with Gasteiger partial charge < -0.3 is 14.2 Å². The van der Waals surface area contributed by atoms with Crippen LogP contribution in [0.25, 0.3) is 0 Å². The molecule has 0 radical (unpaired) electrons. The van der Waals surface area contributed by atoms with Crippen molar-refractivity contribution in [1.29, 1.82) is 0 Å². The first-order valence-electron chi connectivity index (χ1n) is 3.15. The Bertz CT molecular complexity index is 167. The van der Waals surface area contributed by atoms with Gasteiger partial charge in [0.05, 0.1) is 0 Å².